The van der Waals surface area contributed by atoms with Crippen LogP contribution < -0.4 is 4.74 Å². The monoisotopic (exact) mass is 328 g/mol. The zero-order chi connectivity index (χ0) is 17.2. The van der Waals surface area contributed by atoms with Crippen LogP contribution >= 0.6 is 0 Å². The van der Waals surface area contributed by atoms with Crippen molar-refractivity contribution in [2.24, 2.45) is 0 Å². The van der Waals surface area contributed by atoms with Crippen LogP contribution in [0.5, 0.6) is 11.5 Å². The van der Waals surface area contributed by atoms with Crippen LogP contribution in [0.3, 0.4) is 0 Å². The highest BCUT2D eigenvalue weighted by Gasteiger charge is 2.38. The Kier molecular flexibility index (Phi) is 4.51. The van der Waals surface area contributed by atoms with Crippen molar-refractivity contribution in [3.05, 3.63) is 53.9 Å². The second kappa shape index (κ2) is 6.59. The van der Waals surface area contributed by atoms with Gasteiger partial charge in [0.25, 0.3) is 5.91 Å². The molecule has 1 atom stereocenters. The molecule has 2 aromatic rings. The number of ether oxygens (including phenoxy) is 1. The van der Waals surface area contributed by atoms with E-state index in [0.29, 0.717) is 24.5 Å². The summed E-state index contributed by atoms with van der Waals surface area (Å²) in [5.74, 6) is 0.985. The van der Waals surface area contributed by atoms with Crippen LogP contribution in [0.2, 0.25) is 0 Å². The zero-order valence-electron chi connectivity index (χ0n) is 13.5. The molecule has 24 heavy (non-hydrogen) atoms. The fraction of sp³-hybridized carbons (Fsp3) is 0.333. The molecule has 1 aliphatic heterocycles. The first-order chi connectivity index (χ1) is 11.5. The fourth-order valence-corrected chi connectivity index (χ4v) is 2.63. The Morgan fingerprint density at radius 2 is 1.96 bits per heavy atom. The van der Waals surface area contributed by atoms with Crippen molar-refractivity contribution in [3.63, 3.8) is 0 Å². The van der Waals surface area contributed by atoms with Crippen LogP contribution in [0.25, 0.3) is 0 Å². The van der Waals surface area contributed by atoms with E-state index < -0.39 is 5.60 Å². The minimum atomic E-state index is -1.20. The zero-order valence-corrected chi connectivity index (χ0v) is 13.5. The smallest absolute Gasteiger partial charge is 0.272 e. The summed E-state index contributed by atoms with van der Waals surface area (Å²) in [5, 5.41) is 19.2. The van der Waals surface area contributed by atoms with Gasteiger partial charge in [0.15, 0.2) is 0 Å². The molecule has 2 heterocycles. The molecule has 1 aromatic heterocycles. The van der Waals surface area contributed by atoms with Crippen LogP contribution in [0.1, 0.15) is 22.5 Å². The van der Waals surface area contributed by atoms with Gasteiger partial charge in [0, 0.05) is 6.54 Å². The molecule has 3 rings (SSSR count). The third-order valence-electron chi connectivity index (χ3n) is 4.13. The highest BCUT2D eigenvalue weighted by Crippen LogP contribution is 2.24. The van der Waals surface area contributed by atoms with E-state index in [-0.39, 0.29) is 24.8 Å². The molecule has 2 N–H and O–H groups in total. The maximum atomic E-state index is 12.4. The van der Waals surface area contributed by atoms with E-state index in [1.165, 1.54) is 11.1 Å². The second-order valence-electron chi connectivity index (χ2n) is 6.15. The lowest BCUT2D eigenvalue weighted by molar-refractivity contribution is -0.00460. The number of benzene rings is 1. The van der Waals surface area contributed by atoms with Gasteiger partial charge in [-0.05, 0) is 37.6 Å². The quantitative estimate of drug-likeness (QED) is 0.893. The van der Waals surface area contributed by atoms with Crippen LogP contribution in [0, 0.1) is 6.92 Å². The lowest BCUT2D eigenvalue weighted by Gasteiger charge is -2.20. The Hall–Kier alpha value is -2.44. The highest BCUT2D eigenvalue weighted by molar-refractivity contribution is 5.92. The van der Waals surface area contributed by atoms with Gasteiger partial charge in [-0.2, -0.15) is 0 Å². The molecule has 6 heteroatoms. The normalized spacial score (nSPS) is 20.2. The van der Waals surface area contributed by atoms with Crippen molar-refractivity contribution >= 4 is 5.91 Å². The van der Waals surface area contributed by atoms with Crippen LogP contribution in [0.15, 0.2) is 42.6 Å². The minimum absolute atomic E-state index is 0.117. The summed E-state index contributed by atoms with van der Waals surface area (Å²) in [7, 11) is 0. The summed E-state index contributed by atoms with van der Waals surface area (Å²) >= 11 is 0. The van der Waals surface area contributed by atoms with Gasteiger partial charge in [-0.15, -0.1) is 0 Å². The van der Waals surface area contributed by atoms with Crippen molar-refractivity contribution in [2.75, 3.05) is 19.7 Å². The Balaban J connectivity index is 1.66. The molecular weight excluding hydrogens is 308 g/mol. The predicted molar refractivity (Wildman–Crippen MR) is 88.0 cm³/mol. The first-order valence-electron chi connectivity index (χ1n) is 7.82. The van der Waals surface area contributed by atoms with E-state index in [1.807, 2.05) is 31.2 Å². The van der Waals surface area contributed by atoms with Gasteiger partial charge >= 0.3 is 0 Å². The molecule has 1 aliphatic rings. The van der Waals surface area contributed by atoms with E-state index in [9.17, 15) is 9.90 Å². The van der Waals surface area contributed by atoms with Gasteiger partial charge in [0.1, 0.15) is 22.8 Å². The number of rotatable bonds is 4. The first-order valence-corrected chi connectivity index (χ1v) is 7.82. The van der Waals surface area contributed by atoms with Crippen molar-refractivity contribution in [1.29, 1.82) is 0 Å². The first kappa shape index (κ1) is 16.4. The molecule has 1 fully saturated rings. The number of pyridine rings is 1. The van der Waals surface area contributed by atoms with E-state index in [1.54, 1.807) is 12.1 Å². The molecule has 1 amide bonds. The van der Waals surface area contributed by atoms with E-state index in [0.717, 1.165) is 5.56 Å². The molecule has 0 saturated carbocycles. The van der Waals surface area contributed by atoms with Gasteiger partial charge in [-0.3, -0.25) is 4.79 Å². The molecule has 1 aromatic carbocycles. The number of aliphatic hydroxyl groups is 2. The van der Waals surface area contributed by atoms with Crippen molar-refractivity contribution in [2.45, 2.75) is 18.9 Å². The Morgan fingerprint density at radius 1 is 1.25 bits per heavy atom. The number of carbonyl (C=O) groups excluding carboxylic acids is 1. The molecule has 0 bridgehead atoms. The third kappa shape index (κ3) is 3.55. The molecule has 0 radical (unpaired) electrons. The number of nitrogens with zero attached hydrogens (tertiary/aromatic N) is 2. The predicted octanol–water partition coefficient (Wildman–Crippen LogP) is 1.75. The summed E-state index contributed by atoms with van der Waals surface area (Å²) in [6, 6.07) is 10.9. The van der Waals surface area contributed by atoms with Gasteiger partial charge in [-0.1, -0.05) is 17.7 Å². The van der Waals surface area contributed by atoms with Gasteiger partial charge in [0.05, 0.1) is 19.3 Å². The summed E-state index contributed by atoms with van der Waals surface area (Å²) < 4.78 is 5.68. The largest absolute Gasteiger partial charge is 0.456 e. The maximum absolute atomic E-state index is 12.4. The van der Waals surface area contributed by atoms with Gasteiger partial charge < -0.3 is 19.8 Å². The molecule has 0 spiro atoms. The minimum Gasteiger partial charge on any atom is -0.456 e. The molecule has 1 unspecified atom stereocenters. The number of aliphatic hydroxyl groups excluding tert-OH is 1. The number of likely N-dealkylation sites (tertiary alicyclic amines) is 1. The summed E-state index contributed by atoms with van der Waals surface area (Å²) in [4.78, 5) is 18.0. The Labute approximate surface area is 140 Å². The van der Waals surface area contributed by atoms with E-state index >= 15 is 0 Å². The molecule has 1 saturated heterocycles. The summed E-state index contributed by atoms with van der Waals surface area (Å²) in [6.07, 6.45) is 1.87. The number of β-amino-alcohol motifs (C(OH)–C–C–N with tert-alkyl or cyclic N) is 1. The topological polar surface area (TPSA) is 82.9 Å². The highest BCUT2D eigenvalue weighted by atomic mass is 16.5. The average molecular weight is 328 g/mol. The standard InChI is InChI=1S/C18H20N2O4/c1-13-2-4-14(5-3-13)24-15-6-7-16(19-10-15)17(22)20-9-8-18(23,11-20)12-21/h2-7,10,21,23H,8-9,11-12H2,1H3. The van der Waals surface area contributed by atoms with Gasteiger partial charge in [-0.25, -0.2) is 4.98 Å². The third-order valence-corrected chi connectivity index (χ3v) is 4.13. The Bertz CT molecular complexity index is 715. The number of hydrogen-bond donors (Lipinski definition) is 2. The van der Waals surface area contributed by atoms with E-state index in [4.69, 9.17) is 9.84 Å². The molecule has 0 aliphatic carbocycles. The summed E-state index contributed by atoms with van der Waals surface area (Å²) in [6.45, 7) is 2.17. The van der Waals surface area contributed by atoms with E-state index in [2.05, 4.69) is 4.98 Å². The van der Waals surface area contributed by atoms with Gasteiger partial charge in [0.2, 0.25) is 0 Å². The Morgan fingerprint density at radius 3 is 2.54 bits per heavy atom. The average Bonchev–Trinajstić information content (AvgIpc) is 3.00. The van der Waals surface area contributed by atoms with Crippen molar-refractivity contribution in [3.8, 4) is 11.5 Å². The second-order valence-corrected chi connectivity index (χ2v) is 6.15. The lowest BCUT2D eigenvalue weighted by Crippen LogP contribution is -2.39. The number of carbonyl (C=O) groups is 1. The number of hydrogen-bond acceptors (Lipinski definition) is 5. The fourth-order valence-electron chi connectivity index (χ4n) is 2.63. The SMILES string of the molecule is Cc1ccc(Oc2ccc(C(=O)N3CCC(O)(CO)C3)nc2)cc1. The van der Waals surface area contributed by atoms with Crippen LogP contribution in [0.4, 0.5) is 0 Å². The number of aryl methyl sites for hydroxylation is 1. The molecule has 6 nitrogen and oxygen atoms in total. The lowest BCUT2D eigenvalue weighted by atomic mass is 10.1. The number of aromatic nitrogens is 1. The molecular formula is C18H20N2O4. The number of amides is 1. The molecule has 126 valence electrons. The van der Waals surface area contributed by atoms with Crippen molar-refractivity contribution in [1.82, 2.24) is 9.88 Å². The van der Waals surface area contributed by atoms with Crippen LogP contribution in [-0.2, 0) is 0 Å². The van der Waals surface area contributed by atoms with Crippen LogP contribution in [-0.4, -0.2) is 51.3 Å². The van der Waals surface area contributed by atoms with Crippen molar-refractivity contribution < 1.29 is 19.7 Å². The summed E-state index contributed by atoms with van der Waals surface area (Å²) in [5.41, 5.74) is 0.229. The maximum Gasteiger partial charge on any atom is 0.272 e.